The van der Waals surface area contributed by atoms with E-state index >= 15 is 0 Å². The van der Waals surface area contributed by atoms with E-state index in [1.807, 2.05) is 0 Å². The highest BCUT2D eigenvalue weighted by atomic mass is 19.4. The molecule has 0 saturated carbocycles. The number of carboxylic acids is 1. The summed E-state index contributed by atoms with van der Waals surface area (Å²) in [6.45, 7) is -0.460. The number of carbonyl (C=O) groups excluding carboxylic acids is 1. The lowest BCUT2D eigenvalue weighted by Gasteiger charge is -2.05. The molecule has 0 spiro atoms. The van der Waals surface area contributed by atoms with E-state index < -0.39 is 24.6 Å². The summed E-state index contributed by atoms with van der Waals surface area (Å²) in [7, 11) is 0. The molecule has 0 saturated heterocycles. The van der Waals surface area contributed by atoms with Crippen molar-refractivity contribution in [1.82, 2.24) is 10.5 Å². The molecular formula is C9H9F3N2O4. The summed E-state index contributed by atoms with van der Waals surface area (Å²) in [5.74, 6) is -3.08. The molecule has 0 fully saturated rings. The number of hydrogen-bond acceptors (Lipinski definition) is 4. The zero-order valence-electron chi connectivity index (χ0n) is 8.95. The summed E-state index contributed by atoms with van der Waals surface area (Å²) in [4.78, 5) is 20.7. The van der Waals surface area contributed by atoms with Gasteiger partial charge in [0.25, 0.3) is 0 Å². The van der Waals surface area contributed by atoms with Crippen molar-refractivity contribution in [3.8, 4) is 0 Å². The molecule has 9 heteroatoms. The summed E-state index contributed by atoms with van der Waals surface area (Å²) in [6, 6.07) is 1.29. The summed E-state index contributed by atoms with van der Waals surface area (Å²) in [6.07, 6.45) is -5.01. The normalized spacial score (nSPS) is 11.3. The first-order valence-electron chi connectivity index (χ1n) is 4.80. The van der Waals surface area contributed by atoms with E-state index in [0.29, 0.717) is 5.69 Å². The van der Waals surface area contributed by atoms with Gasteiger partial charge in [0.1, 0.15) is 0 Å². The largest absolute Gasteiger partial charge is 0.481 e. The number of halogens is 3. The van der Waals surface area contributed by atoms with Crippen LogP contribution in [0.5, 0.6) is 0 Å². The second-order valence-corrected chi connectivity index (χ2v) is 3.36. The van der Waals surface area contributed by atoms with E-state index in [2.05, 4.69) is 9.68 Å². The molecule has 1 heterocycles. The van der Waals surface area contributed by atoms with Gasteiger partial charge in [-0.15, -0.1) is 0 Å². The number of nitrogens with one attached hydrogen (secondary N) is 1. The van der Waals surface area contributed by atoms with Gasteiger partial charge < -0.3 is 14.9 Å². The summed E-state index contributed by atoms with van der Waals surface area (Å²) < 4.78 is 40.2. The third-order valence-corrected chi connectivity index (χ3v) is 1.88. The average Bonchev–Trinajstić information content (AvgIpc) is 2.69. The van der Waals surface area contributed by atoms with Gasteiger partial charge in [-0.05, 0) is 0 Å². The highest BCUT2D eigenvalue weighted by molar-refractivity contribution is 5.81. The van der Waals surface area contributed by atoms with Crippen LogP contribution in [0.2, 0.25) is 0 Å². The topological polar surface area (TPSA) is 92.4 Å². The molecule has 6 nitrogen and oxygen atoms in total. The van der Waals surface area contributed by atoms with Gasteiger partial charge in [-0.3, -0.25) is 9.59 Å². The number of carbonyl (C=O) groups is 2. The fourth-order valence-electron chi connectivity index (χ4n) is 1.06. The highest BCUT2D eigenvalue weighted by Gasteiger charge is 2.38. The number of alkyl halides is 3. The number of rotatable bonds is 5. The van der Waals surface area contributed by atoms with Gasteiger partial charge in [0, 0.05) is 12.5 Å². The van der Waals surface area contributed by atoms with Gasteiger partial charge in [0.15, 0.2) is 5.76 Å². The van der Waals surface area contributed by atoms with E-state index in [-0.39, 0.29) is 18.6 Å². The first-order valence-corrected chi connectivity index (χ1v) is 4.80. The molecule has 0 aromatic carbocycles. The number of amides is 1. The van der Waals surface area contributed by atoms with Gasteiger partial charge in [-0.2, -0.15) is 13.2 Å². The number of aromatic nitrogens is 1. The van der Waals surface area contributed by atoms with Crippen LogP contribution in [-0.4, -0.2) is 28.3 Å². The van der Waals surface area contributed by atoms with Crippen LogP contribution in [0.15, 0.2) is 10.6 Å². The number of hydrogen-bond donors (Lipinski definition) is 2. The molecule has 1 aromatic heterocycles. The van der Waals surface area contributed by atoms with Crippen LogP contribution in [0.4, 0.5) is 13.2 Å². The van der Waals surface area contributed by atoms with Crippen molar-refractivity contribution in [2.45, 2.75) is 25.6 Å². The molecule has 0 bridgehead atoms. The zero-order chi connectivity index (χ0) is 13.8. The average molecular weight is 266 g/mol. The monoisotopic (exact) mass is 266 g/mol. The van der Waals surface area contributed by atoms with E-state index in [0.717, 1.165) is 0 Å². The van der Waals surface area contributed by atoms with Gasteiger partial charge in [0.05, 0.1) is 18.7 Å². The minimum absolute atomic E-state index is 0.0213. The van der Waals surface area contributed by atoms with Crippen molar-refractivity contribution in [3.05, 3.63) is 17.5 Å². The maximum absolute atomic E-state index is 11.8. The molecule has 0 aliphatic carbocycles. The van der Waals surface area contributed by atoms with Crippen molar-refractivity contribution in [2.75, 3.05) is 0 Å². The Bertz CT molecular complexity index is 441. The fraction of sp³-hybridized carbons (Fsp3) is 0.444. The molecule has 1 amide bonds. The molecule has 1 aromatic rings. The number of carboxylic acid groups (broad SMARTS) is 1. The predicted molar refractivity (Wildman–Crippen MR) is 50.4 cm³/mol. The quantitative estimate of drug-likeness (QED) is 0.824. The molecule has 18 heavy (non-hydrogen) atoms. The molecule has 0 aliphatic heterocycles. The molecule has 0 radical (unpaired) electrons. The molecular weight excluding hydrogens is 257 g/mol. The van der Waals surface area contributed by atoms with Crippen LogP contribution in [0, 0.1) is 0 Å². The van der Waals surface area contributed by atoms with Crippen LogP contribution >= 0.6 is 0 Å². The van der Waals surface area contributed by atoms with E-state index in [9.17, 15) is 22.8 Å². The Balaban J connectivity index is 2.45. The molecule has 100 valence electrons. The maximum Gasteiger partial charge on any atom is 0.471 e. The van der Waals surface area contributed by atoms with Crippen molar-refractivity contribution in [3.63, 3.8) is 0 Å². The summed E-state index contributed by atoms with van der Waals surface area (Å²) in [5.41, 5.74) is 0.300. The molecule has 0 aliphatic rings. The molecule has 0 unspecified atom stereocenters. The smallest absolute Gasteiger partial charge is 0.471 e. The first kappa shape index (κ1) is 14.0. The van der Waals surface area contributed by atoms with Crippen LogP contribution in [0.3, 0.4) is 0 Å². The van der Waals surface area contributed by atoms with Gasteiger partial charge >= 0.3 is 18.1 Å². The van der Waals surface area contributed by atoms with E-state index in [1.54, 1.807) is 5.32 Å². The van der Waals surface area contributed by atoms with Crippen LogP contribution in [0.1, 0.15) is 17.9 Å². The van der Waals surface area contributed by atoms with Crippen molar-refractivity contribution in [2.24, 2.45) is 0 Å². The standard InChI is InChI=1S/C9H9F3N2O4/c10-9(11,12)8(17)13-4-6-3-5(14-18-6)1-2-7(15)16/h3H,1-2,4H2,(H,13,17)(H,15,16). The molecule has 1 rings (SSSR count). The summed E-state index contributed by atoms with van der Waals surface area (Å²) >= 11 is 0. The van der Waals surface area contributed by atoms with E-state index in [4.69, 9.17) is 5.11 Å². The third-order valence-electron chi connectivity index (χ3n) is 1.88. The Labute approximate surface area is 98.8 Å². The van der Waals surface area contributed by atoms with Crippen LogP contribution < -0.4 is 5.32 Å². The minimum Gasteiger partial charge on any atom is -0.481 e. The lowest BCUT2D eigenvalue weighted by molar-refractivity contribution is -0.173. The van der Waals surface area contributed by atoms with Crippen LogP contribution in [-0.2, 0) is 22.6 Å². The summed E-state index contributed by atoms with van der Waals surface area (Å²) in [5, 5.41) is 13.5. The number of aliphatic carboxylic acids is 1. The lowest BCUT2D eigenvalue weighted by Crippen LogP contribution is -2.36. The minimum atomic E-state index is -4.95. The Kier molecular flexibility index (Phi) is 4.29. The maximum atomic E-state index is 11.8. The van der Waals surface area contributed by atoms with Gasteiger partial charge in [-0.25, -0.2) is 0 Å². The van der Waals surface area contributed by atoms with Crippen molar-refractivity contribution in [1.29, 1.82) is 0 Å². The second-order valence-electron chi connectivity index (χ2n) is 3.36. The Morgan fingerprint density at radius 2 is 2.11 bits per heavy atom. The number of aryl methyl sites for hydroxylation is 1. The Morgan fingerprint density at radius 3 is 2.67 bits per heavy atom. The third kappa shape index (κ3) is 4.44. The van der Waals surface area contributed by atoms with Gasteiger partial charge in [-0.1, -0.05) is 5.16 Å². The number of nitrogens with zero attached hydrogens (tertiary/aromatic N) is 1. The van der Waals surface area contributed by atoms with E-state index in [1.165, 1.54) is 6.07 Å². The van der Waals surface area contributed by atoms with Crippen molar-refractivity contribution >= 4 is 11.9 Å². The van der Waals surface area contributed by atoms with Gasteiger partial charge in [0.2, 0.25) is 0 Å². The molecule has 2 N–H and O–H groups in total. The second kappa shape index (κ2) is 5.52. The molecule has 0 atom stereocenters. The lowest BCUT2D eigenvalue weighted by atomic mass is 10.2. The fourth-order valence-corrected chi connectivity index (χ4v) is 1.06. The zero-order valence-corrected chi connectivity index (χ0v) is 8.95. The highest BCUT2D eigenvalue weighted by Crippen LogP contribution is 2.14. The van der Waals surface area contributed by atoms with Crippen LogP contribution in [0.25, 0.3) is 0 Å². The SMILES string of the molecule is O=C(O)CCc1cc(CNC(=O)C(F)(F)F)on1. The Hall–Kier alpha value is -2.06. The Morgan fingerprint density at radius 1 is 1.44 bits per heavy atom. The first-order chi connectivity index (χ1) is 8.29. The van der Waals surface area contributed by atoms with Crippen molar-refractivity contribution < 1.29 is 32.4 Å². The predicted octanol–water partition coefficient (Wildman–Crippen LogP) is 0.870.